The molecule has 1 saturated heterocycles. The Kier molecular flexibility index (Phi) is 3.49. The molecule has 1 aliphatic heterocycles. The van der Waals surface area contributed by atoms with Crippen LogP contribution in [0.1, 0.15) is 0 Å². The standard InChI is InChI=1S/C12H10ClN3O2/c13-9-1-3-10(4-2-9)16-8-7-15(6-5-14)11(17)12(16)18/h1-4H,6-8H2. The lowest BCUT2D eigenvalue weighted by atomic mass is 10.2. The molecule has 92 valence electrons. The number of anilines is 1. The quantitative estimate of drug-likeness (QED) is 0.592. The number of hydrogen-bond acceptors (Lipinski definition) is 3. The predicted molar refractivity (Wildman–Crippen MR) is 66.0 cm³/mol. The van der Waals surface area contributed by atoms with Crippen molar-refractivity contribution in [1.82, 2.24) is 4.90 Å². The molecule has 0 atom stereocenters. The van der Waals surface area contributed by atoms with Gasteiger partial charge in [0, 0.05) is 23.8 Å². The molecule has 1 aromatic rings. The van der Waals surface area contributed by atoms with Gasteiger partial charge in [-0.25, -0.2) is 0 Å². The summed E-state index contributed by atoms with van der Waals surface area (Å²) >= 11 is 5.77. The second kappa shape index (κ2) is 5.07. The van der Waals surface area contributed by atoms with Gasteiger partial charge in [0.15, 0.2) is 0 Å². The summed E-state index contributed by atoms with van der Waals surface area (Å²) in [6.45, 7) is 0.688. The maximum Gasteiger partial charge on any atom is 0.316 e. The highest BCUT2D eigenvalue weighted by Crippen LogP contribution is 2.20. The van der Waals surface area contributed by atoms with Gasteiger partial charge in [0.1, 0.15) is 6.54 Å². The normalized spacial score (nSPS) is 15.8. The Labute approximate surface area is 109 Å². The molecule has 6 heteroatoms. The van der Waals surface area contributed by atoms with Crippen LogP contribution >= 0.6 is 11.6 Å². The number of amides is 2. The minimum Gasteiger partial charge on any atom is -0.319 e. The molecule has 1 heterocycles. The topological polar surface area (TPSA) is 64.4 Å². The second-order valence-electron chi connectivity index (χ2n) is 3.82. The summed E-state index contributed by atoms with van der Waals surface area (Å²) in [4.78, 5) is 26.3. The van der Waals surface area contributed by atoms with Gasteiger partial charge in [0.25, 0.3) is 0 Å². The number of piperazine rings is 1. The van der Waals surface area contributed by atoms with Crippen molar-refractivity contribution in [2.75, 3.05) is 24.5 Å². The molecule has 2 rings (SSSR count). The summed E-state index contributed by atoms with van der Waals surface area (Å²) in [6.07, 6.45) is 0. The fourth-order valence-corrected chi connectivity index (χ4v) is 1.90. The molecule has 5 nitrogen and oxygen atoms in total. The van der Waals surface area contributed by atoms with Gasteiger partial charge in [-0.3, -0.25) is 9.59 Å². The molecule has 0 bridgehead atoms. The zero-order valence-corrected chi connectivity index (χ0v) is 10.2. The highest BCUT2D eigenvalue weighted by molar-refractivity contribution is 6.41. The number of rotatable bonds is 2. The van der Waals surface area contributed by atoms with Crippen LogP contribution in [0.25, 0.3) is 0 Å². The Hall–Kier alpha value is -2.06. The van der Waals surface area contributed by atoms with Crippen LogP contribution in [-0.4, -0.2) is 36.3 Å². The number of carbonyl (C=O) groups excluding carboxylic acids is 2. The Morgan fingerprint density at radius 1 is 1.17 bits per heavy atom. The Morgan fingerprint density at radius 2 is 1.83 bits per heavy atom. The van der Waals surface area contributed by atoms with Crippen LogP contribution in [0, 0.1) is 11.3 Å². The van der Waals surface area contributed by atoms with Crippen LogP contribution in [0.2, 0.25) is 5.02 Å². The van der Waals surface area contributed by atoms with Crippen molar-refractivity contribution in [1.29, 1.82) is 5.26 Å². The van der Waals surface area contributed by atoms with E-state index >= 15 is 0 Å². The summed E-state index contributed by atoms with van der Waals surface area (Å²) < 4.78 is 0. The molecule has 18 heavy (non-hydrogen) atoms. The van der Waals surface area contributed by atoms with Gasteiger partial charge in [-0.1, -0.05) is 11.6 Å². The van der Waals surface area contributed by atoms with E-state index in [9.17, 15) is 9.59 Å². The van der Waals surface area contributed by atoms with Crippen molar-refractivity contribution in [3.05, 3.63) is 29.3 Å². The van der Waals surface area contributed by atoms with Gasteiger partial charge in [0.05, 0.1) is 6.07 Å². The Balaban J connectivity index is 2.18. The average Bonchev–Trinajstić information content (AvgIpc) is 2.37. The van der Waals surface area contributed by atoms with E-state index in [4.69, 9.17) is 16.9 Å². The van der Waals surface area contributed by atoms with Gasteiger partial charge < -0.3 is 9.80 Å². The first-order valence-electron chi connectivity index (χ1n) is 5.37. The van der Waals surface area contributed by atoms with E-state index in [1.54, 1.807) is 24.3 Å². The maximum atomic E-state index is 11.9. The fraction of sp³-hybridized carbons (Fsp3) is 0.250. The summed E-state index contributed by atoms with van der Waals surface area (Å²) in [5, 5.41) is 9.12. The summed E-state index contributed by atoms with van der Waals surface area (Å²) in [6, 6.07) is 8.57. The smallest absolute Gasteiger partial charge is 0.316 e. The van der Waals surface area contributed by atoms with E-state index in [0.29, 0.717) is 23.8 Å². The van der Waals surface area contributed by atoms with Crippen LogP contribution in [0.3, 0.4) is 0 Å². The number of halogens is 1. The minimum atomic E-state index is -0.641. The number of hydrogen-bond donors (Lipinski definition) is 0. The molecular formula is C12H10ClN3O2. The summed E-state index contributed by atoms with van der Waals surface area (Å²) in [5.41, 5.74) is 0.634. The lowest BCUT2D eigenvalue weighted by molar-refractivity contribution is -0.145. The monoisotopic (exact) mass is 263 g/mol. The molecule has 0 aromatic heterocycles. The predicted octanol–water partition coefficient (Wildman–Crippen LogP) is 1.04. The van der Waals surface area contributed by atoms with E-state index in [-0.39, 0.29) is 6.54 Å². The Morgan fingerprint density at radius 3 is 2.44 bits per heavy atom. The highest BCUT2D eigenvalue weighted by Gasteiger charge is 2.32. The second-order valence-corrected chi connectivity index (χ2v) is 4.25. The van der Waals surface area contributed by atoms with Crippen LogP contribution in [-0.2, 0) is 9.59 Å². The molecule has 0 saturated carbocycles. The highest BCUT2D eigenvalue weighted by atomic mass is 35.5. The van der Waals surface area contributed by atoms with Crippen molar-refractivity contribution in [2.24, 2.45) is 0 Å². The van der Waals surface area contributed by atoms with Crippen molar-refractivity contribution >= 4 is 29.1 Å². The molecular weight excluding hydrogens is 254 g/mol. The third kappa shape index (κ3) is 2.29. The maximum absolute atomic E-state index is 11.9. The van der Waals surface area contributed by atoms with Crippen molar-refractivity contribution in [2.45, 2.75) is 0 Å². The van der Waals surface area contributed by atoms with E-state index in [2.05, 4.69) is 0 Å². The van der Waals surface area contributed by atoms with Crippen LogP contribution in [0.5, 0.6) is 0 Å². The molecule has 1 aromatic carbocycles. The first-order chi connectivity index (χ1) is 8.63. The van der Waals surface area contributed by atoms with Gasteiger partial charge in [0.2, 0.25) is 0 Å². The van der Waals surface area contributed by atoms with E-state index in [0.717, 1.165) is 0 Å². The summed E-state index contributed by atoms with van der Waals surface area (Å²) in [7, 11) is 0. The van der Waals surface area contributed by atoms with E-state index < -0.39 is 11.8 Å². The zero-order valence-electron chi connectivity index (χ0n) is 9.47. The molecule has 1 fully saturated rings. The van der Waals surface area contributed by atoms with E-state index in [1.165, 1.54) is 9.80 Å². The third-order valence-corrected chi connectivity index (χ3v) is 2.96. The third-order valence-electron chi connectivity index (χ3n) is 2.71. The molecule has 1 aliphatic rings. The first kappa shape index (κ1) is 12.4. The Bertz CT molecular complexity index is 521. The molecule has 2 amide bonds. The van der Waals surface area contributed by atoms with Gasteiger partial charge in [-0.15, -0.1) is 0 Å². The SMILES string of the molecule is N#CCN1CCN(c2ccc(Cl)cc2)C(=O)C1=O. The van der Waals surface area contributed by atoms with E-state index in [1.807, 2.05) is 6.07 Å². The summed E-state index contributed by atoms with van der Waals surface area (Å²) in [5.74, 6) is -1.25. The minimum absolute atomic E-state index is 0.0565. The van der Waals surface area contributed by atoms with Crippen molar-refractivity contribution in [3.63, 3.8) is 0 Å². The lowest BCUT2D eigenvalue weighted by Crippen LogP contribution is -2.54. The van der Waals surface area contributed by atoms with Crippen molar-refractivity contribution in [3.8, 4) is 6.07 Å². The molecule has 0 N–H and O–H groups in total. The fourth-order valence-electron chi connectivity index (χ4n) is 1.78. The van der Waals surface area contributed by atoms with Gasteiger partial charge in [-0.2, -0.15) is 5.26 Å². The number of nitrogens with zero attached hydrogens (tertiary/aromatic N) is 3. The molecule has 0 aliphatic carbocycles. The molecule has 0 unspecified atom stereocenters. The molecule has 0 radical (unpaired) electrons. The number of benzene rings is 1. The largest absolute Gasteiger partial charge is 0.319 e. The average molecular weight is 264 g/mol. The van der Waals surface area contributed by atoms with Crippen LogP contribution in [0.15, 0.2) is 24.3 Å². The first-order valence-corrected chi connectivity index (χ1v) is 5.74. The number of nitriles is 1. The van der Waals surface area contributed by atoms with Gasteiger partial charge >= 0.3 is 11.8 Å². The number of carbonyl (C=O) groups is 2. The lowest BCUT2D eigenvalue weighted by Gasteiger charge is -2.32. The van der Waals surface area contributed by atoms with Crippen LogP contribution < -0.4 is 4.90 Å². The van der Waals surface area contributed by atoms with Crippen LogP contribution in [0.4, 0.5) is 5.69 Å². The van der Waals surface area contributed by atoms with Crippen molar-refractivity contribution < 1.29 is 9.59 Å². The molecule has 0 spiro atoms. The van der Waals surface area contributed by atoms with Gasteiger partial charge in [-0.05, 0) is 24.3 Å². The zero-order chi connectivity index (χ0) is 13.1.